The topological polar surface area (TPSA) is 70.2 Å². The van der Waals surface area contributed by atoms with Crippen LogP contribution in [0.2, 0.25) is 0 Å². The van der Waals surface area contributed by atoms with Gasteiger partial charge < -0.3 is 16.0 Å². The van der Waals surface area contributed by atoms with E-state index in [1.807, 2.05) is 45.0 Å². The van der Waals surface area contributed by atoms with Crippen LogP contribution in [0.1, 0.15) is 41.7 Å². The van der Waals surface area contributed by atoms with E-state index in [1.54, 1.807) is 0 Å². The number of amides is 3. The van der Waals surface area contributed by atoms with Gasteiger partial charge in [0.1, 0.15) is 0 Å². The number of benzene rings is 2. The van der Waals surface area contributed by atoms with Crippen LogP contribution in [0, 0.1) is 27.7 Å². The van der Waals surface area contributed by atoms with Crippen LogP contribution in [0.25, 0.3) is 0 Å². The molecule has 0 aliphatic carbocycles. The minimum absolute atomic E-state index is 0.0800. The van der Waals surface area contributed by atoms with Crippen LogP contribution in [0.3, 0.4) is 0 Å². The Morgan fingerprint density at radius 3 is 2.11 bits per heavy atom. The lowest BCUT2D eigenvalue weighted by Crippen LogP contribution is -2.44. The van der Waals surface area contributed by atoms with E-state index in [0.717, 1.165) is 22.4 Å². The molecule has 28 heavy (non-hydrogen) atoms. The van der Waals surface area contributed by atoms with Crippen molar-refractivity contribution in [2.45, 2.75) is 47.0 Å². The second kappa shape index (κ2) is 8.91. The Morgan fingerprint density at radius 1 is 0.893 bits per heavy atom. The molecule has 0 heterocycles. The van der Waals surface area contributed by atoms with Crippen molar-refractivity contribution in [3.63, 3.8) is 0 Å². The van der Waals surface area contributed by atoms with Crippen molar-refractivity contribution in [3.05, 3.63) is 64.2 Å². The largest absolute Gasteiger partial charge is 0.337 e. The second-order valence-electron chi connectivity index (χ2n) is 8.06. The number of urea groups is 1. The van der Waals surface area contributed by atoms with Crippen molar-refractivity contribution in [2.75, 3.05) is 18.4 Å². The van der Waals surface area contributed by atoms with Crippen molar-refractivity contribution >= 4 is 17.6 Å². The molecule has 2 rings (SSSR count). The first-order valence-corrected chi connectivity index (χ1v) is 9.55. The third-order valence-electron chi connectivity index (χ3n) is 4.92. The summed E-state index contributed by atoms with van der Waals surface area (Å²) in [5, 5.41) is 8.38. The predicted molar refractivity (Wildman–Crippen MR) is 115 cm³/mol. The second-order valence-corrected chi connectivity index (χ2v) is 8.06. The third-order valence-corrected chi connectivity index (χ3v) is 4.92. The van der Waals surface area contributed by atoms with Gasteiger partial charge in [-0.05, 0) is 49.9 Å². The van der Waals surface area contributed by atoms with E-state index in [2.05, 4.69) is 48.9 Å². The van der Waals surface area contributed by atoms with Gasteiger partial charge >= 0.3 is 6.03 Å². The molecule has 0 bridgehead atoms. The SMILES string of the molecule is Cc1cc(C)c(NC(=O)CNC(=O)NCC(C)(C)c2ccccc2C)c(C)c1. The molecule has 0 aliphatic rings. The molecular formula is C23H31N3O2. The summed E-state index contributed by atoms with van der Waals surface area (Å²) in [6.45, 7) is 12.6. The Hall–Kier alpha value is -2.82. The third kappa shape index (κ3) is 5.59. The fraction of sp³-hybridized carbons (Fsp3) is 0.391. The summed E-state index contributed by atoms with van der Waals surface area (Å²) >= 11 is 0. The van der Waals surface area contributed by atoms with E-state index < -0.39 is 0 Å². The van der Waals surface area contributed by atoms with E-state index in [9.17, 15) is 9.59 Å². The molecule has 0 spiro atoms. The summed E-state index contributed by atoms with van der Waals surface area (Å²) < 4.78 is 0. The van der Waals surface area contributed by atoms with E-state index in [4.69, 9.17) is 0 Å². The average Bonchev–Trinajstić information content (AvgIpc) is 2.61. The maximum atomic E-state index is 12.2. The number of hydrogen-bond donors (Lipinski definition) is 3. The van der Waals surface area contributed by atoms with Crippen LogP contribution >= 0.6 is 0 Å². The van der Waals surface area contributed by atoms with Gasteiger partial charge in [-0.2, -0.15) is 0 Å². The molecule has 5 heteroatoms. The van der Waals surface area contributed by atoms with E-state index in [1.165, 1.54) is 11.1 Å². The number of anilines is 1. The van der Waals surface area contributed by atoms with Crippen LogP contribution in [0.4, 0.5) is 10.5 Å². The normalized spacial score (nSPS) is 11.1. The molecule has 150 valence electrons. The molecule has 0 aliphatic heterocycles. The van der Waals surface area contributed by atoms with E-state index in [-0.39, 0.29) is 23.9 Å². The minimum atomic E-state index is -0.353. The minimum Gasteiger partial charge on any atom is -0.337 e. The lowest BCUT2D eigenvalue weighted by molar-refractivity contribution is -0.115. The van der Waals surface area contributed by atoms with Crippen molar-refractivity contribution in [3.8, 4) is 0 Å². The summed E-state index contributed by atoms with van der Waals surface area (Å²) in [6, 6.07) is 11.8. The number of aryl methyl sites for hydroxylation is 4. The van der Waals surface area contributed by atoms with Crippen LogP contribution in [-0.4, -0.2) is 25.0 Å². The summed E-state index contributed by atoms with van der Waals surface area (Å²) in [5.74, 6) is -0.247. The van der Waals surface area contributed by atoms with Crippen LogP contribution < -0.4 is 16.0 Å². The number of carbonyl (C=O) groups excluding carboxylic acids is 2. The fourth-order valence-electron chi connectivity index (χ4n) is 3.51. The van der Waals surface area contributed by atoms with Gasteiger partial charge in [0, 0.05) is 17.6 Å². The van der Waals surface area contributed by atoms with Gasteiger partial charge in [0.2, 0.25) is 5.91 Å². The molecule has 0 saturated heterocycles. The number of hydrogen-bond acceptors (Lipinski definition) is 2. The van der Waals surface area contributed by atoms with Crippen molar-refractivity contribution in [1.29, 1.82) is 0 Å². The highest BCUT2D eigenvalue weighted by molar-refractivity contribution is 5.95. The fourth-order valence-corrected chi connectivity index (χ4v) is 3.51. The van der Waals surface area contributed by atoms with Gasteiger partial charge in [-0.25, -0.2) is 4.79 Å². The predicted octanol–water partition coefficient (Wildman–Crippen LogP) is 4.14. The molecule has 0 fully saturated rings. The Balaban J connectivity index is 1.86. The maximum Gasteiger partial charge on any atom is 0.315 e. The smallest absolute Gasteiger partial charge is 0.315 e. The highest BCUT2D eigenvalue weighted by Crippen LogP contribution is 2.25. The number of rotatable bonds is 6. The van der Waals surface area contributed by atoms with Crippen LogP contribution in [0.15, 0.2) is 36.4 Å². The van der Waals surface area contributed by atoms with Gasteiger partial charge in [-0.1, -0.05) is 55.8 Å². The zero-order valence-corrected chi connectivity index (χ0v) is 17.7. The summed E-state index contributed by atoms with van der Waals surface area (Å²) in [4.78, 5) is 24.4. The molecule has 0 unspecified atom stereocenters. The summed E-state index contributed by atoms with van der Waals surface area (Å²) in [7, 11) is 0. The Labute approximate surface area is 167 Å². The van der Waals surface area contributed by atoms with Gasteiger partial charge in [-0.3, -0.25) is 4.79 Å². The standard InChI is InChI=1S/C23H31N3O2/c1-15-11-17(3)21(18(4)12-15)26-20(27)13-24-22(28)25-14-23(5,6)19-10-8-7-9-16(19)2/h7-12H,13-14H2,1-6H3,(H,26,27)(H2,24,25,28). The van der Waals surface area contributed by atoms with Crippen molar-refractivity contribution in [2.24, 2.45) is 0 Å². The number of carbonyl (C=O) groups is 2. The zero-order valence-electron chi connectivity index (χ0n) is 17.7. The first-order valence-electron chi connectivity index (χ1n) is 9.55. The van der Waals surface area contributed by atoms with E-state index in [0.29, 0.717) is 6.54 Å². The quantitative estimate of drug-likeness (QED) is 0.704. The number of nitrogens with one attached hydrogen (secondary N) is 3. The monoisotopic (exact) mass is 381 g/mol. The molecule has 0 radical (unpaired) electrons. The molecule has 0 saturated carbocycles. The van der Waals surface area contributed by atoms with E-state index >= 15 is 0 Å². The summed E-state index contributed by atoms with van der Waals surface area (Å²) in [6.07, 6.45) is 0. The molecule has 3 N–H and O–H groups in total. The zero-order chi connectivity index (χ0) is 20.9. The molecule has 5 nitrogen and oxygen atoms in total. The first kappa shape index (κ1) is 21.5. The van der Waals surface area contributed by atoms with Gasteiger partial charge in [0.25, 0.3) is 0 Å². The maximum absolute atomic E-state index is 12.2. The lowest BCUT2D eigenvalue weighted by Gasteiger charge is -2.27. The molecular weight excluding hydrogens is 350 g/mol. The molecule has 3 amide bonds. The first-order chi connectivity index (χ1) is 13.1. The molecule has 0 aromatic heterocycles. The van der Waals surface area contributed by atoms with Gasteiger partial charge in [-0.15, -0.1) is 0 Å². The van der Waals surface area contributed by atoms with Gasteiger partial charge in [0.05, 0.1) is 6.54 Å². The average molecular weight is 382 g/mol. The highest BCUT2D eigenvalue weighted by atomic mass is 16.2. The molecule has 2 aromatic carbocycles. The van der Waals surface area contributed by atoms with Crippen molar-refractivity contribution < 1.29 is 9.59 Å². The van der Waals surface area contributed by atoms with Crippen LogP contribution in [0.5, 0.6) is 0 Å². The Bertz CT molecular complexity index is 849. The molecule has 2 aromatic rings. The molecule has 0 atom stereocenters. The Kier molecular flexibility index (Phi) is 6.84. The van der Waals surface area contributed by atoms with Gasteiger partial charge in [0.15, 0.2) is 0 Å². The Morgan fingerprint density at radius 2 is 1.50 bits per heavy atom. The van der Waals surface area contributed by atoms with Crippen molar-refractivity contribution in [1.82, 2.24) is 10.6 Å². The lowest BCUT2D eigenvalue weighted by atomic mass is 9.82. The summed E-state index contributed by atoms with van der Waals surface area (Å²) in [5.41, 5.74) is 6.16. The highest BCUT2D eigenvalue weighted by Gasteiger charge is 2.23. The van der Waals surface area contributed by atoms with Crippen LogP contribution in [-0.2, 0) is 10.2 Å².